The number of Topliss-reactive ketones (excluding diaryl/α,β-unsaturated/α-hetero) is 1. The zero-order valence-corrected chi connectivity index (χ0v) is 15.3. The summed E-state index contributed by atoms with van der Waals surface area (Å²) in [5.74, 6) is -0.150. The molecule has 0 aliphatic carbocycles. The van der Waals surface area contributed by atoms with Gasteiger partial charge in [-0.15, -0.1) is 0 Å². The summed E-state index contributed by atoms with van der Waals surface area (Å²) in [7, 11) is -3.59. The second kappa shape index (κ2) is 8.20. The standard InChI is InChI=1S/C17H26N2O4S/c1-13-11-19(12-14(2)23-13)9-5-8-18-24(21,22)17-7-4-6-16(10-17)15(3)20/h4,6-7,10,13-14,18H,5,8-9,11-12H2,1-3H3. The van der Waals surface area contributed by atoms with Gasteiger partial charge in [-0.25, -0.2) is 13.1 Å². The Bertz CT molecular complexity index is 665. The first kappa shape index (κ1) is 19.1. The van der Waals surface area contributed by atoms with Crippen molar-refractivity contribution in [2.45, 2.75) is 44.3 Å². The molecular weight excluding hydrogens is 328 g/mol. The van der Waals surface area contributed by atoms with E-state index in [9.17, 15) is 13.2 Å². The fraction of sp³-hybridized carbons (Fsp3) is 0.588. The van der Waals surface area contributed by atoms with E-state index in [0.717, 1.165) is 26.1 Å². The highest BCUT2D eigenvalue weighted by atomic mass is 32.2. The molecule has 2 rings (SSSR count). The maximum Gasteiger partial charge on any atom is 0.240 e. The summed E-state index contributed by atoms with van der Waals surface area (Å²) in [6, 6.07) is 6.11. The predicted molar refractivity (Wildman–Crippen MR) is 92.7 cm³/mol. The number of nitrogens with zero attached hydrogens (tertiary/aromatic N) is 1. The van der Waals surface area contributed by atoms with Gasteiger partial charge in [-0.3, -0.25) is 9.69 Å². The Morgan fingerprint density at radius 2 is 1.96 bits per heavy atom. The van der Waals surface area contributed by atoms with Gasteiger partial charge in [0, 0.05) is 25.2 Å². The number of carbonyl (C=O) groups is 1. The van der Waals surface area contributed by atoms with Crippen molar-refractivity contribution in [1.29, 1.82) is 0 Å². The molecule has 134 valence electrons. The molecule has 0 amide bonds. The Balaban J connectivity index is 1.85. The molecule has 2 atom stereocenters. The molecule has 24 heavy (non-hydrogen) atoms. The van der Waals surface area contributed by atoms with Crippen LogP contribution in [0.5, 0.6) is 0 Å². The topological polar surface area (TPSA) is 75.7 Å². The van der Waals surface area contributed by atoms with Crippen LogP contribution >= 0.6 is 0 Å². The fourth-order valence-corrected chi connectivity index (χ4v) is 4.06. The molecule has 6 nitrogen and oxygen atoms in total. The van der Waals surface area contributed by atoms with E-state index in [1.807, 2.05) is 13.8 Å². The highest BCUT2D eigenvalue weighted by molar-refractivity contribution is 7.89. The monoisotopic (exact) mass is 354 g/mol. The number of rotatable bonds is 7. The number of hydrogen-bond acceptors (Lipinski definition) is 5. The summed E-state index contributed by atoms with van der Waals surface area (Å²) in [4.78, 5) is 13.8. The van der Waals surface area contributed by atoms with Crippen LogP contribution in [0, 0.1) is 0 Å². The lowest BCUT2D eigenvalue weighted by atomic mass is 10.2. The summed E-state index contributed by atoms with van der Waals surface area (Å²) >= 11 is 0. The number of ether oxygens (including phenoxy) is 1. The SMILES string of the molecule is CC(=O)c1cccc(S(=O)(=O)NCCCN2CC(C)OC(C)C2)c1. The van der Waals surface area contributed by atoms with Gasteiger partial charge in [0.2, 0.25) is 10.0 Å². The Labute approximate surface area is 144 Å². The summed E-state index contributed by atoms with van der Waals surface area (Å²) in [6.45, 7) is 8.46. The van der Waals surface area contributed by atoms with E-state index in [-0.39, 0.29) is 22.9 Å². The van der Waals surface area contributed by atoms with Crippen molar-refractivity contribution >= 4 is 15.8 Å². The van der Waals surface area contributed by atoms with Crippen molar-refractivity contribution in [3.63, 3.8) is 0 Å². The number of morpholine rings is 1. The van der Waals surface area contributed by atoms with Crippen LogP contribution < -0.4 is 4.72 Å². The van der Waals surface area contributed by atoms with Crippen molar-refractivity contribution in [3.05, 3.63) is 29.8 Å². The minimum absolute atomic E-state index is 0.129. The fourth-order valence-electron chi connectivity index (χ4n) is 2.94. The Morgan fingerprint density at radius 1 is 1.29 bits per heavy atom. The lowest BCUT2D eigenvalue weighted by molar-refractivity contribution is -0.0679. The number of ketones is 1. The van der Waals surface area contributed by atoms with E-state index in [1.165, 1.54) is 19.1 Å². The molecule has 0 bridgehead atoms. The summed E-state index contributed by atoms with van der Waals surface area (Å²) in [5, 5.41) is 0. The van der Waals surface area contributed by atoms with Crippen molar-refractivity contribution in [2.75, 3.05) is 26.2 Å². The number of hydrogen-bond donors (Lipinski definition) is 1. The lowest BCUT2D eigenvalue weighted by Crippen LogP contribution is -2.46. The number of sulfonamides is 1. The average Bonchev–Trinajstić information content (AvgIpc) is 2.51. The first-order valence-corrected chi connectivity index (χ1v) is 9.75. The molecule has 1 fully saturated rings. The third-order valence-electron chi connectivity index (χ3n) is 3.99. The first-order chi connectivity index (χ1) is 11.3. The normalized spacial score (nSPS) is 22.5. The Morgan fingerprint density at radius 3 is 2.58 bits per heavy atom. The number of carbonyl (C=O) groups excluding carboxylic acids is 1. The maximum atomic E-state index is 12.3. The Kier molecular flexibility index (Phi) is 6.51. The zero-order chi connectivity index (χ0) is 17.7. The van der Waals surface area contributed by atoms with Gasteiger partial charge < -0.3 is 4.74 Å². The van der Waals surface area contributed by atoms with Crippen LogP contribution in [0.1, 0.15) is 37.6 Å². The molecule has 2 unspecified atom stereocenters. The van der Waals surface area contributed by atoms with Crippen LogP contribution in [0.4, 0.5) is 0 Å². The summed E-state index contributed by atoms with van der Waals surface area (Å²) < 4.78 is 32.9. The van der Waals surface area contributed by atoms with E-state index in [1.54, 1.807) is 12.1 Å². The molecule has 0 saturated carbocycles. The molecule has 1 aromatic rings. The summed E-state index contributed by atoms with van der Waals surface area (Å²) in [6.07, 6.45) is 1.14. The third-order valence-corrected chi connectivity index (χ3v) is 5.45. The van der Waals surface area contributed by atoms with Crippen LogP contribution in [0.15, 0.2) is 29.2 Å². The minimum Gasteiger partial charge on any atom is -0.373 e. The molecule has 7 heteroatoms. The van der Waals surface area contributed by atoms with Crippen molar-refractivity contribution in [1.82, 2.24) is 9.62 Å². The van der Waals surface area contributed by atoms with Crippen molar-refractivity contribution in [3.8, 4) is 0 Å². The van der Waals surface area contributed by atoms with Gasteiger partial charge in [-0.05, 0) is 45.9 Å². The van der Waals surface area contributed by atoms with Crippen LogP contribution in [0.2, 0.25) is 0 Å². The smallest absolute Gasteiger partial charge is 0.240 e. The van der Waals surface area contributed by atoms with Crippen LogP contribution in [0.3, 0.4) is 0 Å². The van der Waals surface area contributed by atoms with Crippen LogP contribution in [-0.2, 0) is 14.8 Å². The maximum absolute atomic E-state index is 12.3. The van der Waals surface area contributed by atoms with Crippen LogP contribution in [-0.4, -0.2) is 57.5 Å². The minimum atomic E-state index is -3.59. The predicted octanol–water partition coefficient (Wildman–Crippen LogP) is 1.67. The average molecular weight is 354 g/mol. The number of nitrogens with one attached hydrogen (secondary N) is 1. The van der Waals surface area contributed by atoms with Gasteiger partial charge in [-0.1, -0.05) is 12.1 Å². The van der Waals surface area contributed by atoms with Gasteiger partial charge in [0.1, 0.15) is 0 Å². The number of benzene rings is 1. The quantitative estimate of drug-likeness (QED) is 0.595. The van der Waals surface area contributed by atoms with E-state index in [2.05, 4.69) is 9.62 Å². The van der Waals surface area contributed by atoms with Gasteiger partial charge in [0.05, 0.1) is 17.1 Å². The van der Waals surface area contributed by atoms with Gasteiger partial charge in [-0.2, -0.15) is 0 Å². The zero-order valence-electron chi connectivity index (χ0n) is 14.5. The van der Waals surface area contributed by atoms with E-state index in [4.69, 9.17) is 4.74 Å². The van der Waals surface area contributed by atoms with Gasteiger partial charge >= 0.3 is 0 Å². The second-order valence-electron chi connectivity index (χ2n) is 6.35. The van der Waals surface area contributed by atoms with Gasteiger partial charge in [0.25, 0.3) is 0 Å². The highest BCUT2D eigenvalue weighted by Crippen LogP contribution is 2.13. The third kappa shape index (κ3) is 5.37. The largest absolute Gasteiger partial charge is 0.373 e. The molecule has 0 aromatic heterocycles. The summed E-state index contributed by atoms with van der Waals surface area (Å²) in [5.41, 5.74) is 0.397. The molecule has 0 radical (unpaired) electrons. The van der Waals surface area contributed by atoms with E-state index < -0.39 is 10.0 Å². The van der Waals surface area contributed by atoms with Gasteiger partial charge in [0.15, 0.2) is 5.78 Å². The molecule has 0 spiro atoms. The first-order valence-electron chi connectivity index (χ1n) is 8.26. The highest BCUT2D eigenvalue weighted by Gasteiger charge is 2.21. The molecule has 1 N–H and O–H groups in total. The molecular formula is C17H26N2O4S. The van der Waals surface area contributed by atoms with E-state index >= 15 is 0 Å². The second-order valence-corrected chi connectivity index (χ2v) is 8.12. The van der Waals surface area contributed by atoms with Crippen LogP contribution in [0.25, 0.3) is 0 Å². The van der Waals surface area contributed by atoms with E-state index in [0.29, 0.717) is 12.1 Å². The molecule has 1 aliphatic heterocycles. The molecule has 1 saturated heterocycles. The van der Waals surface area contributed by atoms with Crippen molar-refractivity contribution < 1.29 is 17.9 Å². The molecule has 1 aliphatic rings. The molecule has 1 heterocycles. The Hall–Kier alpha value is -1.28. The molecule has 1 aromatic carbocycles. The lowest BCUT2D eigenvalue weighted by Gasteiger charge is -2.35. The van der Waals surface area contributed by atoms with Crippen molar-refractivity contribution in [2.24, 2.45) is 0 Å².